The van der Waals surface area contributed by atoms with Crippen molar-refractivity contribution in [3.8, 4) is 12.3 Å². The zero-order valence-corrected chi connectivity index (χ0v) is 12.0. The highest BCUT2D eigenvalue weighted by atomic mass is 16.5. The molecule has 2 heterocycles. The van der Waals surface area contributed by atoms with E-state index >= 15 is 0 Å². The molecule has 0 N–H and O–H groups in total. The van der Waals surface area contributed by atoms with E-state index in [0.717, 1.165) is 5.56 Å². The fourth-order valence-electron chi connectivity index (χ4n) is 2.24. The topological polar surface area (TPSA) is 60.9 Å². The molecule has 0 bridgehead atoms. The number of terminal acetylenes is 1. The Hall–Kier alpha value is -3.13. The molecular formula is C17H13N3O2. The van der Waals surface area contributed by atoms with Crippen molar-refractivity contribution in [3.63, 3.8) is 0 Å². The number of aromatic nitrogens is 3. The van der Waals surface area contributed by atoms with Crippen LogP contribution in [-0.2, 0) is 6.54 Å². The van der Waals surface area contributed by atoms with E-state index in [0.29, 0.717) is 16.8 Å². The van der Waals surface area contributed by atoms with Crippen molar-refractivity contribution in [2.24, 2.45) is 0 Å². The molecule has 0 aliphatic heterocycles. The summed E-state index contributed by atoms with van der Waals surface area (Å²) in [4.78, 5) is 12.2. The van der Waals surface area contributed by atoms with Crippen molar-refractivity contribution in [1.29, 1.82) is 0 Å². The molecule has 22 heavy (non-hydrogen) atoms. The molecule has 0 atom stereocenters. The molecule has 0 saturated carbocycles. The second kappa shape index (κ2) is 5.70. The van der Waals surface area contributed by atoms with Gasteiger partial charge in [-0.25, -0.2) is 4.68 Å². The van der Waals surface area contributed by atoms with Gasteiger partial charge in [-0.15, -0.1) is 6.42 Å². The Morgan fingerprint density at radius 1 is 1.32 bits per heavy atom. The molecule has 0 saturated heterocycles. The van der Waals surface area contributed by atoms with Gasteiger partial charge in [0.1, 0.15) is 6.54 Å². The first-order chi connectivity index (χ1) is 10.7. The van der Waals surface area contributed by atoms with E-state index in [1.54, 1.807) is 13.0 Å². The average molecular weight is 291 g/mol. The summed E-state index contributed by atoms with van der Waals surface area (Å²) < 4.78 is 6.50. The number of rotatable bonds is 3. The number of hydrogen-bond acceptors (Lipinski definition) is 4. The molecule has 0 radical (unpaired) electrons. The monoisotopic (exact) mass is 291 g/mol. The van der Waals surface area contributed by atoms with Gasteiger partial charge in [0, 0.05) is 0 Å². The molecule has 0 aliphatic rings. The van der Waals surface area contributed by atoms with Gasteiger partial charge in [-0.05, 0) is 18.6 Å². The van der Waals surface area contributed by atoms with Crippen LogP contribution in [-0.4, -0.2) is 14.9 Å². The third-order valence-corrected chi connectivity index (χ3v) is 3.26. The van der Waals surface area contributed by atoms with Gasteiger partial charge in [0.05, 0.1) is 11.1 Å². The van der Waals surface area contributed by atoms with Crippen LogP contribution < -0.4 is 5.56 Å². The summed E-state index contributed by atoms with van der Waals surface area (Å²) in [5.41, 5.74) is 1.58. The van der Waals surface area contributed by atoms with E-state index in [9.17, 15) is 4.79 Å². The minimum Gasteiger partial charge on any atom is -0.355 e. The van der Waals surface area contributed by atoms with Gasteiger partial charge in [-0.2, -0.15) is 5.10 Å². The summed E-state index contributed by atoms with van der Waals surface area (Å²) in [6.45, 7) is 1.91. The van der Waals surface area contributed by atoms with Crippen molar-refractivity contribution in [1.82, 2.24) is 14.9 Å². The number of nitrogens with zero attached hydrogens (tertiary/aromatic N) is 3. The first kappa shape index (κ1) is 13.8. The summed E-state index contributed by atoms with van der Waals surface area (Å²) in [5.74, 6) is 2.91. The molecule has 0 aliphatic carbocycles. The lowest BCUT2D eigenvalue weighted by molar-refractivity contribution is 0.420. The van der Waals surface area contributed by atoms with E-state index in [-0.39, 0.29) is 17.6 Å². The Morgan fingerprint density at radius 2 is 2.09 bits per heavy atom. The van der Waals surface area contributed by atoms with Crippen LogP contribution in [0.2, 0.25) is 0 Å². The lowest BCUT2D eigenvalue weighted by atomic mass is 10.1. The molecular weight excluding hydrogens is 278 g/mol. The SMILES string of the molecule is C#CCn1nc(C)c2c(/C=C/c3ccccc3)onc2c1=O. The number of benzene rings is 1. The van der Waals surface area contributed by atoms with Crippen molar-refractivity contribution >= 4 is 23.1 Å². The molecule has 5 nitrogen and oxygen atoms in total. The van der Waals surface area contributed by atoms with Crippen LogP contribution >= 0.6 is 0 Å². The van der Waals surface area contributed by atoms with Crippen LogP contribution in [0.5, 0.6) is 0 Å². The Balaban J connectivity index is 2.10. The summed E-state index contributed by atoms with van der Waals surface area (Å²) in [5, 5.41) is 8.69. The van der Waals surface area contributed by atoms with Crippen LogP contribution in [0.15, 0.2) is 39.6 Å². The van der Waals surface area contributed by atoms with Gasteiger partial charge in [-0.1, -0.05) is 47.5 Å². The smallest absolute Gasteiger partial charge is 0.297 e. The Morgan fingerprint density at radius 3 is 2.82 bits per heavy atom. The average Bonchev–Trinajstić information content (AvgIpc) is 2.96. The van der Waals surface area contributed by atoms with E-state index in [4.69, 9.17) is 10.9 Å². The molecule has 0 fully saturated rings. The Bertz CT molecular complexity index is 944. The number of hydrogen-bond donors (Lipinski definition) is 0. The minimum absolute atomic E-state index is 0.109. The molecule has 3 aromatic rings. The first-order valence-corrected chi connectivity index (χ1v) is 6.74. The van der Waals surface area contributed by atoms with Crippen LogP contribution in [0.4, 0.5) is 0 Å². The van der Waals surface area contributed by atoms with Crippen LogP contribution in [0.3, 0.4) is 0 Å². The van der Waals surface area contributed by atoms with E-state index in [2.05, 4.69) is 16.2 Å². The van der Waals surface area contributed by atoms with Crippen molar-refractivity contribution < 1.29 is 4.52 Å². The second-order valence-corrected chi connectivity index (χ2v) is 4.77. The largest absolute Gasteiger partial charge is 0.355 e. The normalized spacial score (nSPS) is 11.1. The second-order valence-electron chi connectivity index (χ2n) is 4.77. The summed E-state index contributed by atoms with van der Waals surface area (Å²) in [6.07, 6.45) is 8.91. The van der Waals surface area contributed by atoms with Gasteiger partial charge in [0.15, 0.2) is 11.3 Å². The van der Waals surface area contributed by atoms with E-state index in [1.807, 2.05) is 36.4 Å². The van der Waals surface area contributed by atoms with Crippen LogP contribution in [0.1, 0.15) is 17.0 Å². The fraction of sp³-hybridized carbons (Fsp3) is 0.118. The highest BCUT2D eigenvalue weighted by molar-refractivity contribution is 5.89. The van der Waals surface area contributed by atoms with Crippen molar-refractivity contribution in [2.75, 3.05) is 0 Å². The Kier molecular flexibility index (Phi) is 3.58. The summed E-state index contributed by atoms with van der Waals surface area (Å²) >= 11 is 0. The highest BCUT2D eigenvalue weighted by Crippen LogP contribution is 2.20. The summed E-state index contributed by atoms with van der Waals surface area (Å²) in [7, 11) is 0. The Labute approximate surface area is 126 Å². The maximum Gasteiger partial charge on any atom is 0.297 e. The quantitative estimate of drug-likeness (QED) is 0.696. The zero-order chi connectivity index (χ0) is 15.5. The zero-order valence-electron chi connectivity index (χ0n) is 12.0. The van der Waals surface area contributed by atoms with Gasteiger partial charge in [0.25, 0.3) is 5.56 Å². The molecule has 0 unspecified atom stereocenters. The molecule has 1 aromatic carbocycles. The predicted molar refractivity (Wildman–Crippen MR) is 85.0 cm³/mol. The number of aryl methyl sites for hydroxylation is 1. The molecule has 2 aromatic heterocycles. The fourth-order valence-corrected chi connectivity index (χ4v) is 2.24. The van der Waals surface area contributed by atoms with Crippen LogP contribution in [0.25, 0.3) is 23.1 Å². The first-order valence-electron chi connectivity index (χ1n) is 6.74. The van der Waals surface area contributed by atoms with Gasteiger partial charge < -0.3 is 4.52 Å². The van der Waals surface area contributed by atoms with Crippen molar-refractivity contribution in [2.45, 2.75) is 13.5 Å². The molecule has 0 spiro atoms. The highest BCUT2D eigenvalue weighted by Gasteiger charge is 2.15. The lowest BCUT2D eigenvalue weighted by Gasteiger charge is -2.01. The minimum atomic E-state index is -0.346. The third-order valence-electron chi connectivity index (χ3n) is 3.26. The molecule has 3 rings (SSSR count). The van der Waals surface area contributed by atoms with Crippen molar-refractivity contribution in [3.05, 3.63) is 57.7 Å². The van der Waals surface area contributed by atoms with E-state index in [1.165, 1.54) is 4.68 Å². The maximum atomic E-state index is 12.2. The maximum absolute atomic E-state index is 12.2. The van der Waals surface area contributed by atoms with E-state index < -0.39 is 0 Å². The summed E-state index contributed by atoms with van der Waals surface area (Å²) in [6, 6.07) is 9.79. The third kappa shape index (κ3) is 2.42. The standard InChI is InChI=1S/C17H13N3O2/c1-3-11-20-17(21)16-15(12(2)18-20)14(22-19-16)10-9-13-7-5-4-6-8-13/h1,4-10H,11H2,2H3/b10-9+. The van der Waals surface area contributed by atoms with Gasteiger partial charge in [-0.3, -0.25) is 4.79 Å². The lowest BCUT2D eigenvalue weighted by Crippen LogP contribution is -2.23. The van der Waals surface area contributed by atoms with Gasteiger partial charge >= 0.3 is 0 Å². The predicted octanol–water partition coefficient (Wildman–Crippen LogP) is 2.50. The number of fused-ring (bicyclic) bond motifs is 1. The van der Waals surface area contributed by atoms with Crippen LogP contribution in [0, 0.1) is 19.3 Å². The molecule has 5 heteroatoms. The molecule has 108 valence electrons. The molecule has 0 amide bonds. The van der Waals surface area contributed by atoms with Gasteiger partial charge in [0.2, 0.25) is 0 Å².